The summed E-state index contributed by atoms with van der Waals surface area (Å²) in [7, 11) is 0. The summed E-state index contributed by atoms with van der Waals surface area (Å²) in [6.45, 7) is 2.44. The lowest BCUT2D eigenvalue weighted by Gasteiger charge is -2.13. The van der Waals surface area contributed by atoms with Crippen molar-refractivity contribution in [3.05, 3.63) is 112 Å². The molecule has 0 saturated heterocycles. The third kappa shape index (κ3) is 4.55. The van der Waals surface area contributed by atoms with Crippen LogP contribution in [0.5, 0.6) is 0 Å². The van der Waals surface area contributed by atoms with Gasteiger partial charge in [-0.2, -0.15) is 0 Å². The van der Waals surface area contributed by atoms with E-state index in [-0.39, 0.29) is 4.87 Å². The van der Waals surface area contributed by atoms with Crippen molar-refractivity contribution in [2.75, 3.05) is 5.75 Å². The molecule has 164 valence electrons. The van der Waals surface area contributed by atoms with Crippen LogP contribution in [0.3, 0.4) is 0 Å². The maximum atomic E-state index is 12.7. The van der Waals surface area contributed by atoms with Crippen LogP contribution in [-0.4, -0.2) is 25.1 Å². The van der Waals surface area contributed by atoms with Crippen molar-refractivity contribution in [2.45, 2.75) is 18.6 Å². The number of nitrogens with zero attached hydrogens (tertiary/aromatic N) is 4. The van der Waals surface area contributed by atoms with Gasteiger partial charge in [-0.1, -0.05) is 95.9 Å². The average molecular weight is 471 g/mol. The number of benzene rings is 3. The zero-order valence-corrected chi connectivity index (χ0v) is 19.7. The van der Waals surface area contributed by atoms with Crippen molar-refractivity contribution >= 4 is 39.4 Å². The Kier molecular flexibility index (Phi) is 6.24. The summed E-state index contributed by atoms with van der Waals surface area (Å²) in [5.74, 6) is 1.50. The van der Waals surface area contributed by atoms with Crippen LogP contribution in [-0.2, 0) is 6.54 Å². The van der Waals surface area contributed by atoms with E-state index < -0.39 is 0 Å². The van der Waals surface area contributed by atoms with Gasteiger partial charge in [-0.3, -0.25) is 13.9 Å². The van der Waals surface area contributed by atoms with Gasteiger partial charge in [-0.25, -0.2) is 0 Å². The molecule has 5 rings (SSSR count). The summed E-state index contributed by atoms with van der Waals surface area (Å²) in [5, 5.41) is 9.81. The first-order valence-electron chi connectivity index (χ1n) is 10.6. The van der Waals surface area contributed by atoms with E-state index in [0.717, 1.165) is 38.2 Å². The van der Waals surface area contributed by atoms with E-state index in [9.17, 15) is 4.79 Å². The number of thioether (sulfide) groups is 1. The van der Waals surface area contributed by atoms with Crippen LogP contribution in [0, 0.1) is 6.92 Å². The van der Waals surface area contributed by atoms with E-state index in [2.05, 4.69) is 58.1 Å². The summed E-state index contributed by atoms with van der Waals surface area (Å²) in [6, 6.07) is 26.3. The molecule has 0 aliphatic heterocycles. The molecule has 0 aliphatic carbocycles. The molecule has 0 spiro atoms. The lowest BCUT2D eigenvalue weighted by Crippen LogP contribution is -2.17. The zero-order valence-electron chi connectivity index (χ0n) is 18.1. The van der Waals surface area contributed by atoms with Gasteiger partial charge < -0.3 is 0 Å². The highest BCUT2D eigenvalue weighted by molar-refractivity contribution is 7.99. The van der Waals surface area contributed by atoms with Crippen LogP contribution in [0.4, 0.5) is 0 Å². The minimum Gasteiger partial charge on any atom is -0.291 e. The number of fused-ring (bicyclic) bond motifs is 1. The second kappa shape index (κ2) is 9.60. The van der Waals surface area contributed by atoms with E-state index >= 15 is 0 Å². The number of rotatable bonds is 7. The smallest absolute Gasteiger partial charge is 0.291 e. The largest absolute Gasteiger partial charge is 0.308 e. The van der Waals surface area contributed by atoms with Crippen molar-refractivity contribution in [2.24, 2.45) is 0 Å². The molecule has 0 amide bonds. The number of aryl methyl sites for hydroxylation is 1. The molecule has 0 atom stereocenters. The van der Waals surface area contributed by atoms with Gasteiger partial charge in [-0.15, -0.1) is 10.2 Å². The Balaban J connectivity index is 1.49. The fourth-order valence-electron chi connectivity index (χ4n) is 3.73. The van der Waals surface area contributed by atoms with Gasteiger partial charge in [0.25, 0.3) is 0 Å². The predicted octanol–water partition coefficient (Wildman–Crippen LogP) is 5.81. The van der Waals surface area contributed by atoms with Crippen LogP contribution in [0.1, 0.15) is 17.0 Å². The molecule has 0 N–H and O–H groups in total. The van der Waals surface area contributed by atoms with Crippen molar-refractivity contribution in [1.29, 1.82) is 0 Å². The molecule has 3 aromatic carbocycles. The van der Waals surface area contributed by atoms with E-state index in [1.165, 1.54) is 16.9 Å². The normalized spacial score (nSPS) is 11.5. The van der Waals surface area contributed by atoms with Gasteiger partial charge in [0.1, 0.15) is 0 Å². The topological polar surface area (TPSA) is 52.7 Å². The minimum absolute atomic E-state index is 0.00975. The van der Waals surface area contributed by atoms with Crippen LogP contribution in [0.25, 0.3) is 22.0 Å². The molecule has 0 radical (unpaired) electrons. The monoisotopic (exact) mass is 470 g/mol. The van der Waals surface area contributed by atoms with Crippen molar-refractivity contribution < 1.29 is 0 Å². The molecule has 33 heavy (non-hydrogen) atoms. The number of hydrogen-bond acceptors (Lipinski definition) is 5. The highest BCUT2D eigenvalue weighted by atomic mass is 32.2. The number of aromatic nitrogens is 4. The van der Waals surface area contributed by atoms with Crippen molar-refractivity contribution in [3.8, 4) is 5.69 Å². The summed E-state index contributed by atoms with van der Waals surface area (Å²) >= 11 is 2.89. The Morgan fingerprint density at radius 1 is 0.939 bits per heavy atom. The Morgan fingerprint density at radius 3 is 2.55 bits per heavy atom. The second-order valence-electron chi connectivity index (χ2n) is 7.57. The summed E-state index contributed by atoms with van der Waals surface area (Å²) in [5.41, 5.74) is 4.25. The molecule has 5 aromatic rings. The highest BCUT2D eigenvalue weighted by Crippen LogP contribution is 2.26. The van der Waals surface area contributed by atoms with Gasteiger partial charge in [0.05, 0.1) is 22.4 Å². The van der Waals surface area contributed by atoms with Gasteiger partial charge in [0, 0.05) is 5.75 Å². The molecule has 7 heteroatoms. The molecular weight excluding hydrogens is 448 g/mol. The molecule has 5 nitrogen and oxygen atoms in total. The van der Waals surface area contributed by atoms with E-state index in [0.29, 0.717) is 6.54 Å². The van der Waals surface area contributed by atoms with E-state index in [1.807, 2.05) is 54.6 Å². The maximum Gasteiger partial charge on any atom is 0.308 e. The minimum atomic E-state index is 0.00975. The fourth-order valence-corrected chi connectivity index (χ4v) is 5.39. The number of thiazole rings is 1. The fraction of sp³-hybridized carbons (Fsp3) is 0.115. The second-order valence-corrected chi connectivity index (χ2v) is 9.55. The molecule has 2 aromatic heterocycles. The molecule has 0 unspecified atom stereocenters. The number of para-hydroxylation sites is 2. The molecule has 2 heterocycles. The summed E-state index contributed by atoms with van der Waals surface area (Å²) < 4.78 is 4.84. The van der Waals surface area contributed by atoms with Crippen molar-refractivity contribution in [1.82, 2.24) is 19.3 Å². The molecule has 0 bridgehead atoms. The average Bonchev–Trinajstić information content (AvgIpc) is 3.38. The lowest BCUT2D eigenvalue weighted by molar-refractivity contribution is 0.724. The first-order chi connectivity index (χ1) is 16.2. The Bertz CT molecular complexity index is 1480. The van der Waals surface area contributed by atoms with Gasteiger partial charge in [0.15, 0.2) is 11.0 Å². The molecule has 0 saturated carbocycles. The SMILES string of the molecule is Cc1ccccc1-n1c(Cn2c(=O)sc3ccccc32)nnc1SC/C=C/c1ccccc1. The van der Waals surface area contributed by atoms with Gasteiger partial charge in [-0.05, 0) is 36.2 Å². The lowest BCUT2D eigenvalue weighted by atomic mass is 10.2. The Hall–Kier alpha value is -3.42. The van der Waals surface area contributed by atoms with Crippen molar-refractivity contribution in [3.63, 3.8) is 0 Å². The first-order valence-corrected chi connectivity index (χ1v) is 12.4. The first kappa shape index (κ1) is 21.4. The van der Waals surface area contributed by atoms with Crippen LogP contribution >= 0.6 is 23.1 Å². The standard InChI is InChI=1S/C26H22N4OS2/c1-19-10-5-6-14-21(19)30-24(18-29-22-15-7-8-16-23(22)33-26(29)31)27-28-25(30)32-17-9-13-20-11-3-2-4-12-20/h2-16H,17-18H2,1H3/b13-9+. The van der Waals surface area contributed by atoms with Crippen LogP contribution in [0.15, 0.2) is 94.9 Å². The summed E-state index contributed by atoms with van der Waals surface area (Å²) in [6.07, 6.45) is 4.24. The Morgan fingerprint density at radius 2 is 1.70 bits per heavy atom. The third-order valence-electron chi connectivity index (χ3n) is 5.35. The predicted molar refractivity (Wildman–Crippen MR) is 137 cm³/mol. The van der Waals surface area contributed by atoms with Gasteiger partial charge >= 0.3 is 4.87 Å². The Labute approximate surface area is 200 Å². The molecule has 0 aliphatic rings. The van der Waals surface area contributed by atoms with Crippen LogP contribution in [0.2, 0.25) is 0 Å². The highest BCUT2D eigenvalue weighted by Gasteiger charge is 2.18. The van der Waals surface area contributed by atoms with Gasteiger partial charge in [0.2, 0.25) is 0 Å². The molecule has 0 fully saturated rings. The zero-order chi connectivity index (χ0) is 22.6. The van der Waals surface area contributed by atoms with E-state index in [1.54, 1.807) is 16.3 Å². The maximum absolute atomic E-state index is 12.7. The third-order valence-corrected chi connectivity index (χ3v) is 7.19. The summed E-state index contributed by atoms with van der Waals surface area (Å²) in [4.78, 5) is 12.7. The number of hydrogen-bond donors (Lipinski definition) is 0. The van der Waals surface area contributed by atoms with E-state index in [4.69, 9.17) is 0 Å². The quantitative estimate of drug-likeness (QED) is 0.282. The van der Waals surface area contributed by atoms with Crippen LogP contribution < -0.4 is 4.87 Å². The molecular formula is C26H22N4OS2.